The summed E-state index contributed by atoms with van der Waals surface area (Å²) >= 11 is 1.49. The van der Waals surface area contributed by atoms with Gasteiger partial charge in [-0.25, -0.2) is 9.97 Å². The molecular weight excluding hydrogens is 318 g/mol. The molecule has 4 nitrogen and oxygen atoms in total. The second-order valence-electron chi connectivity index (χ2n) is 6.21. The van der Waals surface area contributed by atoms with Crippen molar-refractivity contribution >= 4 is 17.7 Å². The number of carbonyl (C=O) groups is 1. The lowest BCUT2D eigenvalue weighted by molar-refractivity contribution is -0.121. The summed E-state index contributed by atoms with van der Waals surface area (Å²) in [5.41, 5.74) is 1.94. The van der Waals surface area contributed by atoms with E-state index in [1.54, 1.807) is 6.33 Å². The van der Waals surface area contributed by atoms with E-state index in [4.69, 9.17) is 0 Å². The minimum Gasteiger partial charge on any atom is -0.352 e. The van der Waals surface area contributed by atoms with E-state index in [1.807, 2.05) is 43.3 Å². The number of nitrogens with zero attached hydrogens (tertiary/aromatic N) is 2. The van der Waals surface area contributed by atoms with Crippen LogP contribution in [-0.4, -0.2) is 27.2 Å². The van der Waals surface area contributed by atoms with Crippen LogP contribution < -0.4 is 5.32 Å². The number of hydrogen-bond donors (Lipinski definition) is 1. The van der Waals surface area contributed by atoms with Gasteiger partial charge >= 0.3 is 0 Å². The minimum atomic E-state index is -0.162. The summed E-state index contributed by atoms with van der Waals surface area (Å²) in [6.45, 7) is 1.94. The van der Waals surface area contributed by atoms with Gasteiger partial charge in [0.25, 0.3) is 0 Å². The molecule has 1 aromatic heterocycles. The van der Waals surface area contributed by atoms with Crippen molar-refractivity contribution in [3.05, 3.63) is 42.7 Å². The molecule has 0 aliphatic heterocycles. The van der Waals surface area contributed by atoms with E-state index in [-0.39, 0.29) is 11.2 Å². The fourth-order valence-corrected chi connectivity index (χ4v) is 3.80. The molecule has 0 spiro atoms. The van der Waals surface area contributed by atoms with Crippen LogP contribution in [0.2, 0.25) is 0 Å². The van der Waals surface area contributed by atoms with Crippen LogP contribution in [0.3, 0.4) is 0 Å². The van der Waals surface area contributed by atoms with Gasteiger partial charge in [-0.2, -0.15) is 0 Å². The molecule has 126 valence electrons. The largest absolute Gasteiger partial charge is 0.352 e. The standard InChI is InChI=1S/C19H23N3OS/c1-14(19(23)22-16-10-6-3-7-11-16)24-18-12-17(20-13-21-18)15-8-4-2-5-9-15/h2,4-5,8-9,12-14,16H,3,6-7,10-11H2,1H3,(H,22,23)/t14-/m0/s1. The van der Waals surface area contributed by atoms with E-state index in [0.29, 0.717) is 6.04 Å². The van der Waals surface area contributed by atoms with Crippen LogP contribution in [0.5, 0.6) is 0 Å². The van der Waals surface area contributed by atoms with Gasteiger partial charge in [0.15, 0.2) is 0 Å². The molecule has 0 bridgehead atoms. The Bertz CT molecular complexity index is 671. The van der Waals surface area contributed by atoms with Gasteiger partial charge in [-0.15, -0.1) is 0 Å². The summed E-state index contributed by atoms with van der Waals surface area (Å²) in [4.78, 5) is 21.0. The Morgan fingerprint density at radius 3 is 2.67 bits per heavy atom. The van der Waals surface area contributed by atoms with E-state index in [0.717, 1.165) is 29.1 Å². The molecule has 5 heteroatoms. The van der Waals surface area contributed by atoms with Gasteiger partial charge in [-0.05, 0) is 25.8 Å². The lowest BCUT2D eigenvalue weighted by Gasteiger charge is -2.24. The molecule has 1 aromatic carbocycles. The summed E-state index contributed by atoms with van der Waals surface area (Å²) in [6, 6.07) is 12.3. The Hall–Kier alpha value is -1.88. The molecule has 1 aliphatic carbocycles. The van der Waals surface area contributed by atoms with Gasteiger partial charge in [0, 0.05) is 11.6 Å². The molecule has 1 N–H and O–H groups in total. The quantitative estimate of drug-likeness (QED) is 0.658. The van der Waals surface area contributed by atoms with Crippen LogP contribution in [0, 0.1) is 0 Å². The average Bonchev–Trinajstić information content (AvgIpc) is 2.63. The number of aromatic nitrogens is 2. The first kappa shape index (κ1) is 17.0. The lowest BCUT2D eigenvalue weighted by atomic mass is 9.95. The highest BCUT2D eigenvalue weighted by atomic mass is 32.2. The molecule has 0 radical (unpaired) electrons. The molecule has 1 atom stereocenters. The van der Waals surface area contributed by atoms with Crippen molar-refractivity contribution in [1.82, 2.24) is 15.3 Å². The van der Waals surface area contributed by atoms with Gasteiger partial charge in [0.1, 0.15) is 11.4 Å². The number of hydrogen-bond acceptors (Lipinski definition) is 4. The fourth-order valence-electron chi connectivity index (χ4n) is 2.97. The van der Waals surface area contributed by atoms with Crippen molar-refractivity contribution in [2.24, 2.45) is 0 Å². The maximum atomic E-state index is 12.4. The van der Waals surface area contributed by atoms with Gasteiger partial charge in [0.05, 0.1) is 10.9 Å². The first-order valence-electron chi connectivity index (χ1n) is 8.57. The predicted molar refractivity (Wildman–Crippen MR) is 97.8 cm³/mol. The highest BCUT2D eigenvalue weighted by Gasteiger charge is 2.20. The Morgan fingerprint density at radius 1 is 1.17 bits per heavy atom. The van der Waals surface area contributed by atoms with Crippen LogP contribution in [0.15, 0.2) is 47.8 Å². The summed E-state index contributed by atoms with van der Waals surface area (Å²) in [5, 5.41) is 3.85. The van der Waals surface area contributed by atoms with Crippen molar-refractivity contribution in [3.8, 4) is 11.3 Å². The molecule has 0 unspecified atom stereocenters. The SMILES string of the molecule is C[C@H](Sc1cc(-c2ccccc2)ncn1)C(=O)NC1CCCCC1. The van der Waals surface area contributed by atoms with Gasteiger partial charge in [0.2, 0.25) is 5.91 Å². The third-order valence-electron chi connectivity index (χ3n) is 4.33. The maximum Gasteiger partial charge on any atom is 0.233 e. The van der Waals surface area contributed by atoms with E-state index in [9.17, 15) is 4.79 Å². The van der Waals surface area contributed by atoms with Crippen molar-refractivity contribution < 1.29 is 4.79 Å². The van der Waals surface area contributed by atoms with Gasteiger partial charge < -0.3 is 5.32 Å². The third kappa shape index (κ3) is 4.57. The zero-order valence-corrected chi connectivity index (χ0v) is 14.8. The van der Waals surface area contributed by atoms with E-state index >= 15 is 0 Å². The van der Waals surface area contributed by atoms with E-state index < -0.39 is 0 Å². The molecule has 3 rings (SSSR count). The van der Waals surface area contributed by atoms with Crippen LogP contribution >= 0.6 is 11.8 Å². The monoisotopic (exact) mass is 341 g/mol. The van der Waals surface area contributed by atoms with E-state index in [1.165, 1.54) is 31.0 Å². The fraction of sp³-hybridized carbons (Fsp3) is 0.421. The van der Waals surface area contributed by atoms with Crippen LogP contribution in [-0.2, 0) is 4.79 Å². The van der Waals surface area contributed by atoms with Crippen LogP contribution in [0.1, 0.15) is 39.0 Å². The first-order valence-corrected chi connectivity index (χ1v) is 9.45. The third-order valence-corrected chi connectivity index (χ3v) is 5.36. The lowest BCUT2D eigenvalue weighted by Crippen LogP contribution is -2.40. The minimum absolute atomic E-state index is 0.103. The van der Waals surface area contributed by atoms with E-state index in [2.05, 4.69) is 15.3 Å². The molecule has 1 amide bonds. The number of rotatable bonds is 5. The van der Waals surface area contributed by atoms with Gasteiger partial charge in [-0.3, -0.25) is 4.79 Å². The zero-order chi connectivity index (χ0) is 16.8. The smallest absolute Gasteiger partial charge is 0.233 e. The number of thioether (sulfide) groups is 1. The number of benzene rings is 1. The maximum absolute atomic E-state index is 12.4. The molecule has 1 saturated carbocycles. The summed E-state index contributed by atoms with van der Waals surface area (Å²) < 4.78 is 0. The molecule has 24 heavy (non-hydrogen) atoms. The van der Waals surface area contributed by atoms with Crippen LogP contribution in [0.25, 0.3) is 11.3 Å². The molecular formula is C19H23N3OS. The second-order valence-corrected chi connectivity index (χ2v) is 7.57. The number of carbonyl (C=O) groups excluding carboxylic acids is 1. The molecule has 0 saturated heterocycles. The van der Waals surface area contributed by atoms with Crippen LogP contribution in [0.4, 0.5) is 0 Å². The van der Waals surface area contributed by atoms with Gasteiger partial charge in [-0.1, -0.05) is 61.4 Å². The Labute approximate surface area is 147 Å². The highest BCUT2D eigenvalue weighted by Crippen LogP contribution is 2.25. The summed E-state index contributed by atoms with van der Waals surface area (Å²) in [7, 11) is 0. The topological polar surface area (TPSA) is 54.9 Å². The van der Waals surface area contributed by atoms with Crippen molar-refractivity contribution in [3.63, 3.8) is 0 Å². The first-order chi connectivity index (χ1) is 11.7. The van der Waals surface area contributed by atoms with Crippen molar-refractivity contribution in [1.29, 1.82) is 0 Å². The predicted octanol–water partition coefficient (Wildman–Crippen LogP) is 4.07. The zero-order valence-electron chi connectivity index (χ0n) is 13.9. The number of nitrogens with one attached hydrogen (secondary N) is 1. The number of amides is 1. The molecule has 1 aliphatic rings. The van der Waals surface area contributed by atoms with Crippen molar-refractivity contribution in [2.75, 3.05) is 0 Å². The summed E-state index contributed by atoms with van der Waals surface area (Å²) in [5.74, 6) is 0.103. The second kappa shape index (κ2) is 8.29. The highest BCUT2D eigenvalue weighted by molar-refractivity contribution is 8.00. The molecule has 2 aromatic rings. The summed E-state index contributed by atoms with van der Waals surface area (Å²) in [6.07, 6.45) is 7.51. The molecule has 1 heterocycles. The normalized spacial score (nSPS) is 16.5. The Kier molecular flexibility index (Phi) is 5.86. The average molecular weight is 341 g/mol. The molecule has 1 fully saturated rings. The Morgan fingerprint density at radius 2 is 1.92 bits per heavy atom. The Balaban J connectivity index is 1.61. The van der Waals surface area contributed by atoms with Crippen molar-refractivity contribution in [2.45, 2.75) is 55.3 Å².